The van der Waals surface area contributed by atoms with Gasteiger partial charge < -0.3 is 19.9 Å². The highest BCUT2D eigenvalue weighted by molar-refractivity contribution is 5.79. The normalized spacial score (nSPS) is 13.4. The molecule has 4 rings (SSSR count). The molecule has 0 fully saturated rings. The van der Waals surface area contributed by atoms with Crippen LogP contribution >= 0.6 is 0 Å². The Bertz CT molecular complexity index is 1130. The van der Waals surface area contributed by atoms with E-state index in [4.69, 9.17) is 14.6 Å². The number of rotatable bonds is 9. The number of alkyl carbamates (subject to hydrolysis) is 1. The van der Waals surface area contributed by atoms with E-state index in [-0.39, 0.29) is 31.8 Å². The Labute approximate surface area is 198 Å². The summed E-state index contributed by atoms with van der Waals surface area (Å²) in [6.45, 7) is 2.10. The monoisotopic (exact) mass is 461 g/mol. The Kier molecular flexibility index (Phi) is 7.60. The van der Waals surface area contributed by atoms with Crippen LogP contribution in [0.15, 0.2) is 72.8 Å². The van der Waals surface area contributed by atoms with Gasteiger partial charge in [-0.05, 0) is 40.8 Å². The number of carbonyl (C=O) groups excluding carboxylic acids is 1. The number of halogens is 1. The Balaban J connectivity index is 1.39. The second-order valence-electron chi connectivity index (χ2n) is 8.10. The standard InChI is InChI=1S/C28H28FNO4/c1-2-21(14-12-19-11-13-20(29)17-27(19)33-16-15-31)30-28(32)34-18-26-24-9-5-3-7-22(24)23-8-4-6-10-25(23)26/h3-14,17,21,26,31H,2,15-16,18H2,1H3,(H,30,32)/t21-/m0/s1. The van der Waals surface area contributed by atoms with Crippen LogP contribution in [0, 0.1) is 5.82 Å². The van der Waals surface area contributed by atoms with Crippen molar-refractivity contribution in [3.05, 3.63) is 95.3 Å². The van der Waals surface area contributed by atoms with Crippen LogP contribution in [0.4, 0.5) is 9.18 Å². The number of carbonyl (C=O) groups is 1. The van der Waals surface area contributed by atoms with Crippen molar-refractivity contribution in [2.75, 3.05) is 19.8 Å². The van der Waals surface area contributed by atoms with E-state index in [1.807, 2.05) is 37.3 Å². The molecule has 0 bridgehead atoms. The number of amides is 1. The molecule has 0 heterocycles. The van der Waals surface area contributed by atoms with E-state index in [0.29, 0.717) is 17.7 Å². The lowest BCUT2D eigenvalue weighted by Crippen LogP contribution is -2.34. The molecule has 1 atom stereocenters. The molecule has 3 aromatic rings. The van der Waals surface area contributed by atoms with E-state index in [2.05, 4.69) is 29.6 Å². The molecule has 2 N–H and O–H groups in total. The van der Waals surface area contributed by atoms with Crippen molar-refractivity contribution in [1.82, 2.24) is 5.32 Å². The molecule has 176 valence electrons. The zero-order chi connectivity index (χ0) is 23.9. The Morgan fingerprint density at radius 1 is 1.09 bits per heavy atom. The highest BCUT2D eigenvalue weighted by Gasteiger charge is 2.29. The number of nitrogens with one attached hydrogen (secondary N) is 1. The lowest BCUT2D eigenvalue weighted by Gasteiger charge is -2.17. The molecule has 0 saturated carbocycles. The quantitative estimate of drug-likeness (QED) is 0.440. The Morgan fingerprint density at radius 3 is 2.41 bits per heavy atom. The second-order valence-corrected chi connectivity index (χ2v) is 8.10. The van der Waals surface area contributed by atoms with Crippen molar-refractivity contribution in [3.8, 4) is 16.9 Å². The summed E-state index contributed by atoms with van der Waals surface area (Å²) in [5, 5.41) is 11.9. The molecular formula is C28H28FNO4. The van der Waals surface area contributed by atoms with E-state index in [1.165, 1.54) is 23.3 Å². The number of ether oxygens (including phenoxy) is 2. The SMILES string of the molecule is CC[C@@H](C=Cc1ccc(F)cc1OCCO)NC(=O)OCC1c2ccccc2-c2ccccc21. The van der Waals surface area contributed by atoms with E-state index < -0.39 is 11.9 Å². The molecule has 34 heavy (non-hydrogen) atoms. The van der Waals surface area contributed by atoms with Crippen molar-refractivity contribution >= 4 is 12.2 Å². The van der Waals surface area contributed by atoms with E-state index in [0.717, 1.165) is 11.1 Å². The van der Waals surface area contributed by atoms with Crippen molar-refractivity contribution in [2.45, 2.75) is 25.3 Å². The minimum Gasteiger partial charge on any atom is -0.490 e. The first-order chi connectivity index (χ1) is 16.6. The third-order valence-electron chi connectivity index (χ3n) is 5.92. The maximum Gasteiger partial charge on any atom is 0.407 e. The number of benzene rings is 3. The van der Waals surface area contributed by atoms with Gasteiger partial charge in [-0.25, -0.2) is 9.18 Å². The smallest absolute Gasteiger partial charge is 0.407 e. The molecule has 0 spiro atoms. The summed E-state index contributed by atoms with van der Waals surface area (Å²) >= 11 is 0. The fourth-order valence-electron chi connectivity index (χ4n) is 4.22. The first-order valence-electron chi connectivity index (χ1n) is 11.4. The molecule has 0 radical (unpaired) electrons. The summed E-state index contributed by atoms with van der Waals surface area (Å²) < 4.78 is 24.6. The summed E-state index contributed by atoms with van der Waals surface area (Å²) in [5.74, 6) is -0.0885. The molecule has 3 aromatic carbocycles. The maximum absolute atomic E-state index is 13.6. The molecule has 0 saturated heterocycles. The maximum atomic E-state index is 13.6. The van der Waals surface area contributed by atoms with E-state index >= 15 is 0 Å². The highest BCUT2D eigenvalue weighted by Crippen LogP contribution is 2.44. The third kappa shape index (κ3) is 5.29. The fourth-order valence-corrected chi connectivity index (χ4v) is 4.22. The van der Waals surface area contributed by atoms with Crippen molar-refractivity contribution in [2.24, 2.45) is 0 Å². The van der Waals surface area contributed by atoms with Crippen molar-refractivity contribution < 1.29 is 23.8 Å². The van der Waals surface area contributed by atoms with E-state index in [1.54, 1.807) is 12.1 Å². The number of aliphatic hydroxyl groups excluding tert-OH is 1. The Morgan fingerprint density at radius 2 is 1.76 bits per heavy atom. The molecule has 6 heteroatoms. The Hall–Kier alpha value is -3.64. The highest BCUT2D eigenvalue weighted by atomic mass is 19.1. The average molecular weight is 462 g/mol. The van der Waals surface area contributed by atoms with Gasteiger partial charge >= 0.3 is 6.09 Å². The zero-order valence-corrected chi connectivity index (χ0v) is 19.0. The number of aliphatic hydroxyl groups is 1. The lowest BCUT2D eigenvalue weighted by molar-refractivity contribution is 0.140. The van der Waals surface area contributed by atoms with Crippen molar-refractivity contribution in [3.63, 3.8) is 0 Å². The van der Waals surface area contributed by atoms with Gasteiger partial charge in [0.15, 0.2) is 0 Å². The predicted octanol–water partition coefficient (Wildman–Crippen LogP) is 5.53. The molecule has 1 amide bonds. The molecule has 1 aliphatic carbocycles. The van der Waals surface area contributed by atoms with Crippen LogP contribution in [0.3, 0.4) is 0 Å². The van der Waals surface area contributed by atoms with Crippen LogP contribution in [-0.4, -0.2) is 37.1 Å². The predicted molar refractivity (Wildman–Crippen MR) is 130 cm³/mol. The fraction of sp³-hybridized carbons (Fsp3) is 0.250. The second kappa shape index (κ2) is 11.0. The number of hydrogen-bond donors (Lipinski definition) is 2. The topological polar surface area (TPSA) is 67.8 Å². The van der Waals surface area contributed by atoms with Crippen LogP contribution in [0.2, 0.25) is 0 Å². The van der Waals surface area contributed by atoms with Gasteiger partial charge in [0, 0.05) is 17.5 Å². The van der Waals surface area contributed by atoms with Gasteiger partial charge in [0.2, 0.25) is 0 Å². The summed E-state index contributed by atoms with van der Waals surface area (Å²) in [7, 11) is 0. The van der Waals surface area contributed by atoms with Gasteiger partial charge in [0.05, 0.1) is 12.6 Å². The third-order valence-corrected chi connectivity index (χ3v) is 5.92. The average Bonchev–Trinajstić information content (AvgIpc) is 3.18. The summed E-state index contributed by atoms with van der Waals surface area (Å²) in [4.78, 5) is 12.6. The summed E-state index contributed by atoms with van der Waals surface area (Å²) in [6, 6.07) is 20.3. The van der Waals surface area contributed by atoms with Gasteiger partial charge in [-0.1, -0.05) is 67.6 Å². The number of hydrogen-bond acceptors (Lipinski definition) is 4. The van der Waals surface area contributed by atoms with Crippen LogP contribution < -0.4 is 10.1 Å². The molecule has 5 nitrogen and oxygen atoms in total. The molecule has 0 aliphatic heterocycles. The largest absolute Gasteiger partial charge is 0.490 e. The minimum atomic E-state index is -0.491. The first kappa shape index (κ1) is 23.5. The van der Waals surface area contributed by atoms with E-state index in [9.17, 15) is 9.18 Å². The molecule has 0 aromatic heterocycles. The van der Waals surface area contributed by atoms with Gasteiger partial charge in [-0.2, -0.15) is 0 Å². The van der Waals surface area contributed by atoms with Gasteiger partial charge in [0.1, 0.15) is 24.8 Å². The molecule has 1 aliphatic rings. The van der Waals surface area contributed by atoms with Crippen LogP contribution in [0.5, 0.6) is 5.75 Å². The van der Waals surface area contributed by atoms with Crippen LogP contribution in [0.1, 0.15) is 36.0 Å². The van der Waals surface area contributed by atoms with Crippen molar-refractivity contribution in [1.29, 1.82) is 0 Å². The van der Waals surface area contributed by atoms with Gasteiger partial charge in [-0.3, -0.25) is 0 Å². The molecule has 0 unspecified atom stereocenters. The summed E-state index contributed by atoms with van der Waals surface area (Å²) in [6.07, 6.45) is 3.74. The van der Waals surface area contributed by atoms with Crippen LogP contribution in [-0.2, 0) is 4.74 Å². The lowest BCUT2D eigenvalue weighted by atomic mass is 9.98. The number of fused-ring (bicyclic) bond motifs is 3. The molecular weight excluding hydrogens is 433 g/mol. The van der Waals surface area contributed by atoms with Gasteiger partial charge in [-0.15, -0.1) is 0 Å². The first-order valence-corrected chi connectivity index (χ1v) is 11.4. The minimum absolute atomic E-state index is 0.000726. The van der Waals surface area contributed by atoms with Gasteiger partial charge in [0.25, 0.3) is 0 Å². The summed E-state index contributed by atoms with van der Waals surface area (Å²) in [5.41, 5.74) is 5.34. The van der Waals surface area contributed by atoms with Crippen LogP contribution in [0.25, 0.3) is 17.2 Å². The zero-order valence-electron chi connectivity index (χ0n) is 19.0.